The minimum absolute atomic E-state index is 0.00846. The smallest absolute Gasteiger partial charge is 0.221 e. The normalized spacial score (nSPS) is 28.0. The van der Waals surface area contributed by atoms with Gasteiger partial charge >= 0.3 is 0 Å². The van der Waals surface area contributed by atoms with Crippen LogP contribution in [-0.4, -0.2) is 28.4 Å². The van der Waals surface area contributed by atoms with E-state index in [1.807, 2.05) is 11.3 Å². The van der Waals surface area contributed by atoms with Crippen LogP contribution in [-0.2, 0) is 11.3 Å². The quantitative estimate of drug-likeness (QED) is 0.930. The third-order valence-corrected chi connectivity index (χ3v) is 6.11. The van der Waals surface area contributed by atoms with E-state index in [1.165, 1.54) is 36.4 Å². The Morgan fingerprint density at radius 3 is 2.86 bits per heavy atom. The van der Waals surface area contributed by atoms with Crippen LogP contribution in [0.15, 0.2) is 5.38 Å². The van der Waals surface area contributed by atoms with Gasteiger partial charge in [0.05, 0.1) is 16.6 Å². The highest BCUT2D eigenvalue weighted by Gasteiger charge is 2.29. The van der Waals surface area contributed by atoms with Crippen molar-refractivity contribution in [3.05, 3.63) is 16.1 Å². The molecule has 1 saturated carbocycles. The van der Waals surface area contributed by atoms with Crippen LogP contribution in [0, 0.1) is 5.92 Å². The first-order valence-electron chi connectivity index (χ1n) is 8.11. The van der Waals surface area contributed by atoms with Gasteiger partial charge in [-0.3, -0.25) is 9.69 Å². The van der Waals surface area contributed by atoms with Crippen LogP contribution in [0.3, 0.4) is 0 Å². The van der Waals surface area contributed by atoms with Gasteiger partial charge in [0.2, 0.25) is 5.91 Å². The molecule has 5 heteroatoms. The fourth-order valence-corrected chi connectivity index (χ4v) is 4.58. The third kappa shape index (κ3) is 3.46. The molecule has 4 nitrogen and oxygen atoms in total. The number of nitrogens with two attached hydrogens (primary N) is 1. The van der Waals surface area contributed by atoms with Crippen molar-refractivity contribution in [1.82, 2.24) is 9.88 Å². The first-order chi connectivity index (χ1) is 10.1. The van der Waals surface area contributed by atoms with Gasteiger partial charge < -0.3 is 5.73 Å². The molecule has 0 unspecified atom stereocenters. The molecule has 2 N–H and O–H groups in total. The molecule has 1 saturated heterocycles. The summed E-state index contributed by atoms with van der Waals surface area (Å²) in [5.41, 5.74) is 6.64. The van der Waals surface area contributed by atoms with E-state index in [2.05, 4.69) is 17.2 Å². The molecule has 3 rings (SSSR count). The number of carbonyl (C=O) groups excluding carboxylic acids is 1. The number of aromatic nitrogens is 1. The van der Waals surface area contributed by atoms with Crippen LogP contribution in [0.2, 0.25) is 0 Å². The molecule has 1 amide bonds. The number of carbonyl (C=O) groups is 1. The topological polar surface area (TPSA) is 59.2 Å². The number of nitrogens with zero attached hydrogens (tertiary/aromatic N) is 2. The van der Waals surface area contributed by atoms with E-state index < -0.39 is 0 Å². The lowest BCUT2D eigenvalue weighted by Gasteiger charge is -2.36. The summed E-state index contributed by atoms with van der Waals surface area (Å²) in [7, 11) is 0. The molecule has 2 fully saturated rings. The van der Waals surface area contributed by atoms with Crippen molar-refractivity contribution in [2.24, 2.45) is 11.7 Å². The van der Waals surface area contributed by atoms with Gasteiger partial charge in [0.15, 0.2) is 0 Å². The van der Waals surface area contributed by atoms with Gasteiger partial charge in [-0.2, -0.15) is 0 Å². The zero-order valence-electron chi connectivity index (χ0n) is 12.8. The Bertz CT molecular complexity index is 495. The Kier molecular flexibility index (Phi) is 4.60. The van der Waals surface area contributed by atoms with Crippen LogP contribution in [0.4, 0.5) is 0 Å². The summed E-state index contributed by atoms with van der Waals surface area (Å²) in [5.74, 6) is 0.548. The molecule has 0 spiro atoms. The average molecular weight is 307 g/mol. The Labute approximate surface area is 130 Å². The second-order valence-electron chi connectivity index (χ2n) is 6.61. The molecule has 21 heavy (non-hydrogen) atoms. The molecule has 1 aromatic heterocycles. The second-order valence-corrected chi connectivity index (χ2v) is 7.50. The van der Waals surface area contributed by atoms with E-state index in [0.29, 0.717) is 12.0 Å². The maximum absolute atomic E-state index is 11.4. The molecular weight excluding hydrogens is 282 g/mol. The highest BCUT2D eigenvalue weighted by Crippen LogP contribution is 2.36. The van der Waals surface area contributed by atoms with Gasteiger partial charge in [-0.25, -0.2) is 4.98 Å². The maximum Gasteiger partial charge on any atom is 0.221 e. The first kappa shape index (κ1) is 15.0. The molecule has 1 aliphatic carbocycles. The summed E-state index contributed by atoms with van der Waals surface area (Å²) in [6, 6.07) is 0.511. The van der Waals surface area contributed by atoms with Crippen LogP contribution < -0.4 is 5.73 Å². The largest absolute Gasteiger partial charge is 0.369 e. The molecule has 1 aromatic rings. The summed E-state index contributed by atoms with van der Waals surface area (Å²) in [6.45, 7) is 3.88. The fourth-order valence-electron chi connectivity index (χ4n) is 3.60. The fraction of sp³-hybridized carbons (Fsp3) is 0.750. The molecule has 2 atom stereocenters. The molecular formula is C16H25N3OS. The van der Waals surface area contributed by atoms with Crippen LogP contribution in [0.25, 0.3) is 0 Å². The van der Waals surface area contributed by atoms with Crippen LogP contribution in [0.5, 0.6) is 0 Å². The van der Waals surface area contributed by atoms with Crippen molar-refractivity contribution in [2.75, 3.05) is 6.54 Å². The van der Waals surface area contributed by atoms with Crippen molar-refractivity contribution < 1.29 is 4.79 Å². The van der Waals surface area contributed by atoms with Gasteiger partial charge in [-0.15, -0.1) is 11.3 Å². The Morgan fingerprint density at radius 1 is 1.38 bits per heavy atom. The molecule has 116 valence electrons. The van der Waals surface area contributed by atoms with Crippen LogP contribution >= 0.6 is 11.3 Å². The number of hydrogen-bond donors (Lipinski definition) is 1. The van der Waals surface area contributed by atoms with Gasteiger partial charge in [0.1, 0.15) is 0 Å². The van der Waals surface area contributed by atoms with Crippen molar-refractivity contribution in [3.8, 4) is 0 Å². The predicted molar refractivity (Wildman–Crippen MR) is 85.1 cm³/mol. The number of rotatable bonds is 4. The van der Waals surface area contributed by atoms with Crippen molar-refractivity contribution in [2.45, 2.75) is 64.0 Å². The summed E-state index contributed by atoms with van der Waals surface area (Å²) in [5, 5.41) is 3.52. The van der Waals surface area contributed by atoms with E-state index in [4.69, 9.17) is 10.7 Å². The first-order valence-corrected chi connectivity index (χ1v) is 8.99. The summed E-state index contributed by atoms with van der Waals surface area (Å²) in [6.07, 6.45) is 7.28. The zero-order valence-corrected chi connectivity index (χ0v) is 13.6. The van der Waals surface area contributed by atoms with Crippen molar-refractivity contribution in [1.29, 1.82) is 0 Å². The summed E-state index contributed by atoms with van der Waals surface area (Å²) in [4.78, 5) is 18.6. The summed E-state index contributed by atoms with van der Waals surface area (Å²) < 4.78 is 0. The van der Waals surface area contributed by atoms with E-state index in [-0.39, 0.29) is 11.8 Å². The zero-order chi connectivity index (χ0) is 14.8. The Balaban J connectivity index is 1.63. The second kappa shape index (κ2) is 6.44. The lowest BCUT2D eigenvalue weighted by molar-refractivity contribution is -0.124. The minimum atomic E-state index is -0.156. The standard InChI is InChI=1S/C16H25N3OS/c1-11-6-7-13(15(17)20)8-19(11)9-14-10-21-16(18-14)12-4-2-3-5-12/h10-13H,2-9H2,1H3,(H2,17,20)/t11-,13+/m1/s1. The number of thiazole rings is 1. The predicted octanol–water partition coefficient (Wildman–Crippen LogP) is 2.89. The highest BCUT2D eigenvalue weighted by molar-refractivity contribution is 7.09. The highest BCUT2D eigenvalue weighted by atomic mass is 32.1. The Hall–Kier alpha value is -0.940. The molecule has 1 aliphatic heterocycles. The molecule has 0 aromatic carbocycles. The van der Waals surface area contributed by atoms with E-state index >= 15 is 0 Å². The van der Waals surface area contributed by atoms with Crippen molar-refractivity contribution in [3.63, 3.8) is 0 Å². The number of amides is 1. The average Bonchev–Trinajstić information content (AvgIpc) is 3.11. The number of likely N-dealkylation sites (tertiary alicyclic amines) is 1. The minimum Gasteiger partial charge on any atom is -0.369 e. The summed E-state index contributed by atoms with van der Waals surface area (Å²) >= 11 is 1.81. The van der Waals surface area contributed by atoms with Crippen molar-refractivity contribution >= 4 is 17.2 Å². The van der Waals surface area contributed by atoms with E-state index in [0.717, 1.165) is 25.9 Å². The number of hydrogen-bond acceptors (Lipinski definition) is 4. The SMILES string of the molecule is C[C@@H]1CC[C@H](C(N)=O)CN1Cc1csc(C2CCCC2)n1. The lowest BCUT2D eigenvalue weighted by Crippen LogP contribution is -2.45. The van der Waals surface area contributed by atoms with Gasteiger partial charge in [0, 0.05) is 30.4 Å². The van der Waals surface area contributed by atoms with Crippen LogP contribution in [0.1, 0.15) is 62.1 Å². The maximum atomic E-state index is 11.4. The van der Waals surface area contributed by atoms with E-state index in [9.17, 15) is 4.79 Å². The van der Waals surface area contributed by atoms with Gasteiger partial charge in [-0.1, -0.05) is 12.8 Å². The monoisotopic (exact) mass is 307 g/mol. The van der Waals surface area contributed by atoms with E-state index in [1.54, 1.807) is 0 Å². The molecule has 0 bridgehead atoms. The van der Waals surface area contributed by atoms with Gasteiger partial charge in [0.25, 0.3) is 0 Å². The number of primary amides is 1. The third-order valence-electron chi connectivity index (χ3n) is 5.05. The Morgan fingerprint density at radius 2 is 2.14 bits per heavy atom. The number of piperidine rings is 1. The lowest BCUT2D eigenvalue weighted by atomic mass is 9.93. The van der Waals surface area contributed by atoms with Gasteiger partial charge in [-0.05, 0) is 32.6 Å². The molecule has 2 aliphatic rings. The molecule has 2 heterocycles. The molecule has 0 radical (unpaired) electrons.